The highest BCUT2D eigenvalue weighted by Crippen LogP contribution is 2.52. The number of rotatable bonds is 2. The lowest BCUT2D eigenvalue weighted by Crippen LogP contribution is -2.14. The summed E-state index contributed by atoms with van der Waals surface area (Å²) >= 11 is 0. The van der Waals surface area contributed by atoms with Crippen LogP contribution in [0.15, 0.2) is 140 Å². The summed E-state index contributed by atoms with van der Waals surface area (Å²) in [6.07, 6.45) is 2.11. The fourth-order valence-electron chi connectivity index (χ4n) is 7.71. The third-order valence-electron chi connectivity index (χ3n) is 9.69. The van der Waals surface area contributed by atoms with E-state index in [1.807, 2.05) is 0 Å². The molecule has 7 aromatic carbocycles. The Labute approximate surface area is 251 Å². The van der Waals surface area contributed by atoms with Crippen molar-refractivity contribution < 1.29 is 0 Å². The lowest BCUT2D eigenvalue weighted by Gasteiger charge is -2.22. The van der Waals surface area contributed by atoms with Gasteiger partial charge in [0.05, 0.1) is 5.52 Å². The lowest BCUT2D eigenvalue weighted by atomic mass is 9.81. The van der Waals surface area contributed by atoms with Crippen LogP contribution in [-0.4, -0.2) is 4.98 Å². The van der Waals surface area contributed by atoms with Gasteiger partial charge in [0.15, 0.2) is 0 Å². The molecule has 0 atom stereocenters. The molecule has 0 fully saturated rings. The van der Waals surface area contributed by atoms with Crippen molar-refractivity contribution in [2.45, 2.75) is 19.3 Å². The van der Waals surface area contributed by atoms with Gasteiger partial charge in [-0.25, -0.2) is 0 Å². The van der Waals surface area contributed by atoms with Crippen molar-refractivity contribution in [3.05, 3.63) is 151 Å². The van der Waals surface area contributed by atoms with Crippen LogP contribution in [0.3, 0.4) is 0 Å². The molecule has 1 aromatic heterocycles. The van der Waals surface area contributed by atoms with Gasteiger partial charge in [-0.2, -0.15) is 0 Å². The molecule has 0 saturated carbocycles. The predicted octanol–water partition coefficient (Wildman–Crippen LogP) is 11.3. The minimum atomic E-state index is -0.0232. The van der Waals surface area contributed by atoms with E-state index < -0.39 is 0 Å². The molecule has 0 radical (unpaired) electrons. The van der Waals surface area contributed by atoms with Crippen LogP contribution >= 0.6 is 0 Å². The molecular formula is C42H29N. The van der Waals surface area contributed by atoms with E-state index in [-0.39, 0.29) is 5.41 Å². The third kappa shape index (κ3) is 3.37. The van der Waals surface area contributed by atoms with Gasteiger partial charge in [0.2, 0.25) is 0 Å². The maximum absolute atomic E-state index is 5.03. The van der Waals surface area contributed by atoms with Gasteiger partial charge >= 0.3 is 0 Å². The number of pyridine rings is 1. The van der Waals surface area contributed by atoms with E-state index in [4.69, 9.17) is 4.98 Å². The largest absolute Gasteiger partial charge is 0.256 e. The molecule has 1 aliphatic carbocycles. The van der Waals surface area contributed by atoms with Gasteiger partial charge in [0.25, 0.3) is 0 Å². The van der Waals surface area contributed by atoms with Gasteiger partial charge < -0.3 is 0 Å². The molecule has 0 spiro atoms. The van der Waals surface area contributed by atoms with Crippen molar-refractivity contribution >= 4 is 43.2 Å². The number of nitrogens with zero attached hydrogens (tertiary/aromatic N) is 1. The quantitative estimate of drug-likeness (QED) is 0.155. The Balaban J connectivity index is 1.46. The Morgan fingerprint density at radius 2 is 1.09 bits per heavy atom. The van der Waals surface area contributed by atoms with E-state index in [1.165, 1.54) is 82.2 Å². The Morgan fingerprint density at radius 3 is 1.95 bits per heavy atom. The highest BCUT2D eigenvalue weighted by atomic mass is 14.7. The summed E-state index contributed by atoms with van der Waals surface area (Å²) in [5.41, 5.74) is 11.5. The first kappa shape index (κ1) is 24.3. The minimum absolute atomic E-state index is 0.0232. The molecule has 9 rings (SSSR count). The van der Waals surface area contributed by atoms with Crippen LogP contribution in [0.4, 0.5) is 0 Å². The zero-order valence-electron chi connectivity index (χ0n) is 24.2. The fourth-order valence-corrected chi connectivity index (χ4v) is 7.71. The van der Waals surface area contributed by atoms with Crippen molar-refractivity contribution in [3.63, 3.8) is 0 Å². The summed E-state index contributed by atoms with van der Waals surface area (Å²) in [4.78, 5) is 5.03. The van der Waals surface area contributed by atoms with Crippen molar-refractivity contribution in [1.82, 2.24) is 4.98 Å². The summed E-state index contributed by atoms with van der Waals surface area (Å²) in [5.74, 6) is 0. The molecule has 0 aliphatic heterocycles. The molecule has 43 heavy (non-hydrogen) atoms. The molecule has 1 aliphatic rings. The lowest BCUT2D eigenvalue weighted by molar-refractivity contribution is 0.660. The summed E-state index contributed by atoms with van der Waals surface area (Å²) in [5, 5.41) is 8.66. The topological polar surface area (TPSA) is 12.9 Å². The first-order valence-corrected chi connectivity index (χ1v) is 15.1. The summed E-state index contributed by atoms with van der Waals surface area (Å²) in [7, 11) is 0. The van der Waals surface area contributed by atoms with Crippen LogP contribution < -0.4 is 0 Å². The molecule has 0 amide bonds. The van der Waals surface area contributed by atoms with E-state index in [0.29, 0.717) is 0 Å². The van der Waals surface area contributed by atoms with Crippen LogP contribution in [0.25, 0.3) is 76.6 Å². The van der Waals surface area contributed by atoms with Gasteiger partial charge in [-0.3, -0.25) is 4.98 Å². The SMILES string of the molecule is CC1(C)c2ccccc2-c2cc(-c3c4ccccc4c(-c4cccc5ccccc45)c4c3cnc3ccccc34)ccc21. The Hall–Kier alpha value is -5.27. The van der Waals surface area contributed by atoms with Crippen LogP contribution in [0.5, 0.6) is 0 Å². The number of hydrogen-bond donors (Lipinski definition) is 0. The Bertz CT molecular complexity index is 2420. The Kier molecular flexibility index (Phi) is 5.02. The highest BCUT2D eigenvalue weighted by Gasteiger charge is 2.35. The fraction of sp³-hybridized carbons (Fsp3) is 0.0714. The molecule has 0 bridgehead atoms. The maximum Gasteiger partial charge on any atom is 0.0708 e. The summed E-state index contributed by atoms with van der Waals surface area (Å²) < 4.78 is 0. The molecular weight excluding hydrogens is 518 g/mol. The van der Waals surface area contributed by atoms with Gasteiger partial charge in [0.1, 0.15) is 0 Å². The molecule has 202 valence electrons. The van der Waals surface area contributed by atoms with E-state index in [2.05, 4.69) is 154 Å². The molecule has 1 nitrogen and oxygen atoms in total. The van der Waals surface area contributed by atoms with Crippen LogP contribution in [0.1, 0.15) is 25.0 Å². The average molecular weight is 548 g/mol. The van der Waals surface area contributed by atoms with E-state index in [0.717, 1.165) is 5.52 Å². The second kappa shape index (κ2) is 8.86. The average Bonchev–Trinajstić information content (AvgIpc) is 3.29. The normalized spacial score (nSPS) is 13.5. The van der Waals surface area contributed by atoms with E-state index >= 15 is 0 Å². The number of para-hydroxylation sites is 1. The molecule has 8 aromatic rings. The summed E-state index contributed by atoms with van der Waals surface area (Å²) in [6.45, 7) is 4.69. The number of fused-ring (bicyclic) bond motifs is 8. The number of benzene rings is 7. The second-order valence-corrected chi connectivity index (χ2v) is 12.3. The number of aromatic nitrogens is 1. The third-order valence-corrected chi connectivity index (χ3v) is 9.69. The van der Waals surface area contributed by atoms with Crippen molar-refractivity contribution in [2.75, 3.05) is 0 Å². The number of hydrogen-bond acceptors (Lipinski definition) is 1. The highest BCUT2D eigenvalue weighted by molar-refractivity contribution is 6.28. The van der Waals surface area contributed by atoms with Crippen LogP contribution in [-0.2, 0) is 5.41 Å². The zero-order valence-corrected chi connectivity index (χ0v) is 24.2. The van der Waals surface area contributed by atoms with Gasteiger partial charge in [-0.05, 0) is 78.2 Å². The van der Waals surface area contributed by atoms with Gasteiger partial charge in [0, 0.05) is 27.8 Å². The molecule has 0 saturated heterocycles. The molecule has 1 heteroatoms. The maximum atomic E-state index is 5.03. The minimum Gasteiger partial charge on any atom is -0.256 e. The first-order chi connectivity index (χ1) is 21.1. The summed E-state index contributed by atoms with van der Waals surface area (Å²) in [6, 6.07) is 49.0. The molecule has 0 N–H and O–H groups in total. The first-order valence-electron chi connectivity index (χ1n) is 15.1. The van der Waals surface area contributed by atoms with E-state index in [9.17, 15) is 0 Å². The van der Waals surface area contributed by atoms with Gasteiger partial charge in [-0.1, -0.05) is 135 Å². The molecule has 1 heterocycles. The van der Waals surface area contributed by atoms with Crippen molar-refractivity contribution in [1.29, 1.82) is 0 Å². The smallest absolute Gasteiger partial charge is 0.0708 e. The Morgan fingerprint density at radius 1 is 0.465 bits per heavy atom. The zero-order chi connectivity index (χ0) is 28.7. The van der Waals surface area contributed by atoms with Crippen molar-refractivity contribution in [3.8, 4) is 33.4 Å². The van der Waals surface area contributed by atoms with Gasteiger partial charge in [-0.15, -0.1) is 0 Å². The van der Waals surface area contributed by atoms with Crippen LogP contribution in [0, 0.1) is 0 Å². The van der Waals surface area contributed by atoms with Crippen LogP contribution in [0.2, 0.25) is 0 Å². The monoisotopic (exact) mass is 547 g/mol. The predicted molar refractivity (Wildman–Crippen MR) is 183 cm³/mol. The van der Waals surface area contributed by atoms with E-state index in [1.54, 1.807) is 0 Å². The van der Waals surface area contributed by atoms with Crippen molar-refractivity contribution in [2.24, 2.45) is 0 Å². The molecule has 0 unspecified atom stereocenters. The standard InChI is InChI=1S/C42H29N/c1-42(2)36-20-9-7-15-29(36)34-24-27(22-23-37(34)42)39-31-16-5-6-17-32(31)40(30-19-11-13-26-12-3-4-14-28(26)30)41-33-18-8-10-21-38(33)43-25-35(39)41/h3-25H,1-2H3. The second-order valence-electron chi connectivity index (χ2n) is 12.3.